The molecule has 4 heteroatoms. The van der Waals surface area contributed by atoms with Crippen LogP contribution in [0, 0.1) is 5.82 Å². The van der Waals surface area contributed by atoms with Crippen LogP contribution < -0.4 is 4.74 Å². The highest BCUT2D eigenvalue weighted by atomic mass is 35.5. The Kier molecular flexibility index (Phi) is 2.50. The van der Waals surface area contributed by atoms with Crippen molar-refractivity contribution in [1.82, 2.24) is 0 Å². The molecule has 1 aliphatic rings. The van der Waals surface area contributed by atoms with Crippen LogP contribution in [0.4, 0.5) is 4.39 Å². The summed E-state index contributed by atoms with van der Waals surface area (Å²) in [5.41, 5.74) is -0.0423. The van der Waals surface area contributed by atoms with Crippen molar-refractivity contribution in [3.8, 4) is 5.75 Å². The van der Waals surface area contributed by atoms with E-state index < -0.39 is 11.4 Å². The maximum absolute atomic E-state index is 13.1. The minimum atomic E-state index is -0.788. The second kappa shape index (κ2) is 3.59. The molecule has 1 aromatic carbocycles. The Morgan fingerprint density at radius 3 is 2.75 bits per heavy atom. The van der Waals surface area contributed by atoms with Gasteiger partial charge < -0.3 is 4.74 Å². The molecular weight excluding hydrogens is 231 g/mol. The number of aldehydes is 1. The van der Waals surface area contributed by atoms with Crippen LogP contribution in [-0.2, 0) is 4.79 Å². The summed E-state index contributed by atoms with van der Waals surface area (Å²) in [5, 5.41) is 0.251. The Morgan fingerprint density at radius 1 is 1.44 bits per heavy atom. The summed E-state index contributed by atoms with van der Waals surface area (Å²) in [4.78, 5) is 11.0. The summed E-state index contributed by atoms with van der Waals surface area (Å²) in [6, 6.07) is 4.07. The molecule has 1 aromatic rings. The monoisotopic (exact) mass is 240 g/mol. The van der Waals surface area contributed by atoms with Crippen molar-refractivity contribution < 1.29 is 13.9 Å². The number of halogens is 2. The van der Waals surface area contributed by atoms with Crippen LogP contribution in [0.15, 0.2) is 23.8 Å². The van der Waals surface area contributed by atoms with Gasteiger partial charge in [-0.15, -0.1) is 0 Å². The third kappa shape index (κ3) is 1.61. The first-order chi connectivity index (χ1) is 7.45. The Bertz CT molecular complexity index is 492. The molecular formula is C12H10ClFO2. The Balaban J connectivity index is 2.69. The molecule has 0 atom stereocenters. The van der Waals surface area contributed by atoms with Crippen molar-refractivity contribution in [3.05, 3.63) is 35.2 Å². The number of ether oxygens (including phenoxy) is 1. The quantitative estimate of drug-likeness (QED) is 0.705. The van der Waals surface area contributed by atoms with Gasteiger partial charge >= 0.3 is 0 Å². The van der Waals surface area contributed by atoms with E-state index in [4.69, 9.17) is 16.3 Å². The average molecular weight is 241 g/mol. The normalized spacial score (nSPS) is 17.8. The van der Waals surface area contributed by atoms with Gasteiger partial charge in [0.05, 0.1) is 10.6 Å². The zero-order valence-electron chi connectivity index (χ0n) is 8.88. The molecule has 0 spiro atoms. The lowest BCUT2D eigenvalue weighted by molar-refractivity contribution is -0.106. The highest BCUT2D eigenvalue weighted by Gasteiger charge is 2.34. The molecule has 0 radical (unpaired) electrons. The van der Waals surface area contributed by atoms with Crippen LogP contribution >= 0.6 is 11.6 Å². The smallest absolute Gasteiger partial charge is 0.151 e. The van der Waals surface area contributed by atoms with Crippen LogP contribution in [0.3, 0.4) is 0 Å². The lowest BCUT2D eigenvalue weighted by Gasteiger charge is -2.32. The molecule has 1 aliphatic heterocycles. The number of rotatable bonds is 1. The topological polar surface area (TPSA) is 26.3 Å². The maximum Gasteiger partial charge on any atom is 0.151 e. The molecule has 2 nitrogen and oxygen atoms in total. The zero-order chi connectivity index (χ0) is 11.9. The van der Waals surface area contributed by atoms with E-state index in [9.17, 15) is 9.18 Å². The number of hydrogen-bond acceptors (Lipinski definition) is 2. The van der Waals surface area contributed by atoms with Crippen molar-refractivity contribution in [2.24, 2.45) is 0 Å². The summed E-state index contributed by atoms with van der Waals surface area (Å²) in [5.74, 6) is 0.0763. The Hall–Kier alpha value is -1.35. The average Bonchev–Trinajstić information content (AvgIpc) is 2.19. The standard InChI is InChI=1S/C12H10ClFO2/c1-12(2)9(6-15)11(13)8-5-7(14)3-4-10(8)16-12/h3-6H,1-2H3. The van der Waals surface area contributed by atoms with Crippen molar-refractivity contribution in [1.29, 1.82) is 0 Å². The van der Waals surface area contributed by atoms with Crippen molar-refractivity contribution in [2.75, 3.05) is 0 Å². The number of carbonyl (C=O) groups is 1. The van der Waals surface area contributed by atoms with Gasteiger partial charge in [-0.05, 0) is 32.0 Å². The highest BCUT2D eigenvalue weighted by Crippen LogP contribution is 2.41. The molecule has 84 valence electrons. The predicted molar refractivity (Wildman–Crippen MR) is 59.9 cm³/mol. The van der Waals surface area contributed by atoms with Crippen LogP contribution in [0.2, 0.25) is 0 Å². The Labute approximate surface area is 97.7 Å². The van der Waals surface area contributed by atoms with Crippen LogP contribution in [0.1, 0.15) is 19.4 Å². The molecule has 0 unspecified atom stereocenters. The fourth-order valence-corrected chi connectivity index (χ4v) is 2.12. The van der Waals surface area contributed by atoms with E-state index >= 15 is 0 Å². The maximum atomic E-state index is 13.1. The van der Waals surface area contributed by atoms with Crippen molar-refractivity contribution >= 4 is 22.9 Å². The third-order valence-corrected chi connectivity index (χ3v) is 2.95. The SMILES string of the molecule is CC1(C)Oc2ccc(F)cc2C(Cl)=C1C=O. The third-order valence-electron chi connectivity index (χ3n) is 2.55. The van der Waals surface area contributed by atoms with Gasteiger partial charge in [0, 0.05) is 5.56 Å². The van der Waals surface area contributed by atoms with Gasteiger partial charge in [0.1, 0.15) is 17.2 Å². The summed E-state index contributed by atoms with van der Waals surface area (Å²) in [7, 11) is 0. The molecule has 2 rings (SSSR count). The lowest BCUT2D eigenvalue weighted by Crippen LogP contribution is -2.34. The highest BCUT2D eigenvalue weighted by molar-refractivity contribution is 6.51. The zero-order valence-corrected chi connectivity index (χ0v) is 9.64. The molecule has 0 amide bonds. The molecule has 0 fully saturated rings. The Morgan fingerprint density at radius 2 is 2.12 bits per heavy atom. The fourth-order valence-electron chi connectivity index (χ4n) is 1.70. The number of benzene rings is 1. The second-order valence-electron chi connectivity index (χ2n) is 4.10. The molecule has 0 bridgehead atoms. The summed E-state index contributed by atoms with van der Waals surface area (Å²) in [6.45, 7) is 3.48. The van der Waals surface area contributed by atoms with Gasteiger partial charge in [0.2, 0.25) is 0 Å². The summed E-state index contributed by atoms with van der Waals surface area (Å²) < 4.78 is 18.7. The number of carbonyl (C=O) groups excluding carboxylic acids is 1. The molecule has 1 heterocycles. The van der Waals surface area contributed by atoms with Gasteiger partial charge in [-0.1, -0.05) is 11.6 Å². The first-order valence-corrected chi connectivity index (χ1v) is 5.18. The van der Waals surface area contributed by atoms with E-state index in [0.717, 1.165) is 0 Å². The summed E-state index contributed by atoms with van der Waals surface area (Å²) >= 11 is 6.07. The first kappa shape index (κ1) is 11.1. The largest absolute Gasteiger partial charge is 0.482 e. The molecule has 0 N–H and O–H groups in total. The van der Waals surface area contributed by atoms with Gasteiger partial charge in [-0.25, -0.2) is 4.39 Å². The van der Waals surface area contributed by atoms with E-state index in [-0.39, 0.29) is 5.03 Å². The molecule has 0 aliphatic carbocycles. The van der Waals surface area contributed by atoms with Gasteiger partial charge in [-0.3, -0.25) is 4.79 Å². The minimum absolute atomic E-state index is 0.251. The van der Waals surface area contributed by atoms with E-state index in [1.807, 2.05) is 0 Å². The summed E-state index contributed by atoms with van der Waals surface area (Å²) in [6.07, 6.45) is 0.649. The van der Waals surface area contributed by atoms with E-state index in [2.05, 4.69) is 0 Å². The van der Waals surface area contributed by atoms with Crippen LogP contribution in [-0.4, -0.2) is 11.9 Å². The number of fused-ring (bicyclic) bond motifs is 1. The molecule has 0 aromatic heterocycles. The van der Waals surface area contributed by atoms with Crippen molar-refractivity contribution in [2.45, 2.75) is 19.4 Å². The predicted octanol–water partition coefficient (Wildman–Crippen LogP) is 3.15. The first-order valence-electron chi connectivity index (χ1n) is 4.80. The van der Waals surface area contributed by atoms with Gasteiger partial charge in [0.25, 0.3) is 0 Å². The van der Waals surface area contributed by atoms with Gasteiger partial charge in [-0.2, -0.15) is 0 Å². The molecule has 16 heavy (non-hydrogen) atoms. The van der Waals surface area contributed by atoms with Crippen LogP contribution in [0.5, 0.6) is 5.75 Å². The molecule has 0 saturated carbocycles. The van der Waals surface area contributed by atoms with Crippen LogP contribution in [0.25, 0.3) is 5.03 Å². The van der Waals surface area contributed by atoms with E-state index in [1.165, 1.54) is 18.2 Å². The number of hydrogen-bond donors (Lipinski definition) is 0. The van der Waals surface area contributed by atoms with E-state index in [0.29, 0.717) is 23.2 Å². The molecule has 0 saturated heterocycles. The van der Waals surface area contributed by atoms with Crippen molar-refractivity contribution in [3.63, 3.8) is 0 Å². The minimum Gasteiger partial charge on any atom is -0.482 e. The lowest BCUT2D eigenvalue weighted by atomic mass is 9.93. The second-order valence-corrected chi connectivity index (χ2v) is 4.48. The van der Waals surface area contributed by atoms with Gasteiger partial charge in [0.15, 0.2) is 6.29 Å². The fraction of sp³-hybridized carbons (Fsp3) is 0.250. The van der Waals surface area contributed by atoms with E-state index in [1.54, 1.807) is 13.8 Å².